The maximum Gasteiger partial charge on any atom is 0.322 e. The summed E-state index contributed by atoms with van der Waals surface area (Å²) in [5.41, 5.74) is -1.80. The van der Waals surface area contributed by atoms with E-state index in [0.29, 0.717) is 13.2 Å². The molecule has 0 aliphatic carbocycles. The molecule has 0 fully saturated rings. The highest BCUT2D eigenvalue weighted by molar-refractivity contribution is 5.93. The zero-order chi connectivity index (χ0) is 16.4. The van der Waals surface area contributed by atoms with E-state index in [9.17, 15) is 22.8 Å². The van der Waals surface area contributed by atoms with E-state index in [2.05, 4.69) is 5.32 Å². The van der Waals surface area contributed by atoms with Crippen molar-refractivity contribution in [3.8, 4) is 0 Å². The van der Waals surface area contributed by atoms with E-state index < -0.39 is 28.9 Å². The Balaban J connectivity index is 3.06. The lowest BCUT2D eigenvalue weighted by Crippen LogP contribution is -2.50. The zero-order valence-corrected chi connectivity index (χ0v) is 12.2. The Hall–Kier alpha value is -2.05. The van der Waals surface area contributed by atoms with E-state index in [0.717, 1.165) is 17.0 Å². The summed E-state index contributed by atoms with van der Waals surface area (Å²) in [6, 6.07) is 2.32. The van der Waals surface area contributed by atoms with E-state index in [1.165, 1.54) is 27.0 Å². The third kappa shape index (κ3) is 4.21. The largest absolute Gasteiger partial charge is 0.326 e. The minimum atomic E-state index is -3.36. The number of halogens is 3. The average molecular weight is 302 g/mol. The van der Waals surface area contributed by atoms with Crippen LogP contribution in [0.5, 0.6) is 0 Å². The van der Waals surface area contributed by atoms with Crippen LogP contribution >= 0.6 is 0 Å². The Labute approximate surface area is 120 Å². The summed E-state index contributed by atoms with van der Waals surface area (Å²) < 4.78 is 40.0. The number of anilines is 1. The van der Waals surface area contributed by atoms with Gasteiger partial charge in [0.05, 0.1) is 11.1 Å². The number of nitrogens with one attached hydrogen (secondary N) is 1. The zero-order valence-electron chi connectivity index (χ0n) is 12.2. The molecule has 0 aromatic heterocycles. The van der Waals surface area contributed by atoms with E-state index >= 15 is 0 Å². The maximum atomic E-state index is 13.4. The molecule has 1 N–H and O–H groups in total. The molecule has 2 amide bonds. The van der Waals surface area contributed by atoms with Crippen LogP contribution in [-0.4, -0.2) is 24.9 Å². The highest BCUT2D eigenvalue weighted by Crippen LogP contribution is 2.32. The fraction of sp³-hybridized carbons (Fsp3) is 0.429. The van der Waals surface area contributed by atoms with Gasteiger partial charge in [-0.2, -0.15) is 0 Å². The topological polar surface area (TPSA) is 49.4 Å². The molecule has 4 nitrogen and oxygen atoms in total. The number of carbonyl (C=O) groups is 2. The van der Waals surface area contributed by atoms with Crippen molar-refractivity contribution in [1.82, 2.24) is 5.32 Å². The molecule has 0 aliphatic rings. The highest BCUT2D eigenvalue weighted by atomic mass is 19.3. The molecular weight excluding hydrogens is 285 g/mol. The monoisotopic (exact) mass is 302 g/mol. The minimum absolute atomic E-state index is 0.0899. The molecule has 21 heavy (non-hydrogen) atoms. The molecule has 1 rings (SSSR count). The quantitative estimate of drug-likeness (QED) is 0.869. The lowest BCUT2D eigenvalue weighted by molar-refractivity contribution is -0.111. The Bertz CT molecular complexity index is 554. The molecule has 0 saturated carbocycles. The van der Waals surface area contributed by atoms with Crippen LogP contribution in [0.4, 0.5) is 23.7 Å². The van der Waals surface area contributed by atoms with Gasteiger partial charge in [-0.15, -0.1) is 0 Å². The van der Waals surface area contributed by atoms with Gasteiger partial charge < -0.3 is 10.1 Å². The number of hydrogen-bond donors (Lipinski definition) is 1. The van der Waals surface area contributed by atoms with Crippen LogP contribution < -0.4 is 10.2 Å². The van der Waals surface area contributed by atoms with Gasteiger partial charge in [-0.3, -0.25) is 4.90 Å². The number of amides is 2. The van der Waals surface area contributed by atoms with Crippen molar-refractivity contribution in [2.24, 2.45) is 0 Å². The van der Waals surface area contributed by atoms with Crippen LogP contribution in [0.3, 0.4) is 0 Å². The van der Waals surface area contributed by atoms with Crippen molar-refractivity contribution in [1.29, 1.82) is 0 Å². The van der Waals surface area contributed by atoms with Crippen LogP contribution in [0.1, 0.15) is 26.3 Å². The molecule has 0 radical (unpaired) electrons. The summed E-state index contributed by atoms with van der Waals surface area (Å²) in [6.45, 7) is 3.55. The number of urea groups is 1. The molecule has 0 unspecified atom stereocenters. The molecule has 0 heterocycles. The molecular formula is C14H17F3N2O2. The first-order valence-electron chi connectivity index (χ1n) is 6.18. The third-order valence-electron chi connectivity index (χ3n) is 2.84. The van der Waals surface area contributed by atoms with E-state index in [-0.39, 0.29) is 5.69 Å². The summed E-state index contributed by atoms with van der Waals surface area (Å²) in [5.74, 6) is -4.41. The first kappa shape index (κ1) is 17.0. The maximum absolute atomic E-state index is 13.4. The fourth-order valence-corrected chi connectivity index (χ4v) is 1.56. The molecule has 0 atom stereocenters. The number of carbonyl (C=O) groups excluding carboxylic acids is 2. The van der Waals surface area contributed by atoms with Gasteiger partial charge in [0.15, 0.2) is 0 Å². The normalized spacial score (nSPS) is 12.0. The second kappa shape index (κ2) is 5.75. The second-order valence-electron chi connectivity index (χ2n) is 5.38. The second-order valence-corrected chi connectivity index (χ2v) is 5.38. The Morgan fingerprint density at radius 2 is 1.86 bits per heavy atom. The molecule has 7 heteroatoms. The molecule has 1 aromatic rings. The van der Waals surface area contributed by atoms with E-state index in [1.807, 2.05) is 0 Å². The molecule has 0 spiro atoms. The Kier molecular flexibility index (Phi) is 4.65. The standard InChI is InChI=1S/C14H17F3N2O2/c1-13(2,8-20)18-12(21)19(4)9-5-6-11(15)10(7-9)14(3,16)17/h5-8H,1-4H3,(H,18,21). The van der Waals surface area contributed by atoms with Gasteiger partial charge in [0.1, 0.15) is 12.1 Å². The third-order valence-corrected chi connectivity index (χ3v) is 2.84. The van der Waals surface area contributed by atoms with Gasteiger partial charge in [-0.25, -0.2) is 18.0 Å². The lowest BCUT2D eigenvalue weighted by Gasteiger charge is -2.25. The van der Waals surface area contributed by atoms with Crippen molar-refractivity contribution in [2.45, 2.75) is 32.2 Å². The van der Waals surface area contributed by atoms with Crippen molar-refractivity contribution in [3.05, 3.63) is 29.6 Å². The minimum Gasteiger partial charge on any atom is -0.326 e. The number of benzene rings is 1. The van der Waals surface area contributed by atoms with Gasteiger partial charge in [-0.05, 0) is 32.0 Å². The summed E-state index contributed by atoms with van der Waals surface area (Å²) in [4.78, 5) is 23.7. The first-order valence-corrected chi connectivity index (χ1v) is 6.18. The van der Waals surface area contributed by atoms with Crippen LogP contribution in [0.15, 0.2) is 18.2 Å². The van der Waals surface area contributed by atoms with Gasteiger partial charge in [0.25, 0.3) is 5.92 Å². The van der Waals surface area contributed by atoms with E-state index in [1.54, 1.807) is 0 Å². The van der Waals surface area contributed by atoms with Gasteiger partial charge >= 0.3 is 6.03 Å². The number of aldehydes is 1. The smallest absolute Gasteiger partial charge is 0.322 e. The van der Waals surface area contributed by atoms with Gasteiger partial charge in [0, 0.05) is 19.7 Å². The number of alkyl halides is 2. The summed E-state index contributed by atoms with van der Waals surface area (Å²) in [6.07, 6.45) is 0.551. The van der Waals surface area contributed by atoms with Crippen molar-refractivity contribution < 1.29 is 22.8 Å². The van der Waals surface area contributed by atoms with Crippen LogP contribution in [0.25, 0.3) is 0 Å². The lowest BCUT2D eigenvalue weighted by atomic mass is 10.1. The summed E-state index contributed by atoms with van der Waals surface area (Å²) in [7, 11) is 1.33. The van der Waals surface area contributed by atoms with Crippen LogP contribution in [-0.2, 0) is 10.7 Å². The summed E-state index contributed by atoms with van der Waals surface area (Å²) in [5, 5.41) is 2.41. The first-order chi connectivity index (χ1) is 9.48. The number of rotatable bonds is 4. The molecule has 0 saturated heterocycles. The van der Waals surface area contributed by atoms with Crippen molar-refractivity contribution in [3.63, 3.8) is 0 Å². The SMILES string of the molecule is CN(C(=O)NC(C)(C)C=O)c1ccc(F)c(C(C)(F)F)c1. The predicted octanol–water partition coefficient (Wildman–Crippen LogP) is 3.06. The predicted molar refractivity (Wildman–Crippen MR) is 73.0 cm³/mol. The molecule has 0 bridgehead atoms. The van der Waals surface area contributed by atoms with Gasteiger partial charge in [0.2, 0.25) is 0 Å². The molecule has 116 valence electrons. The van der Waals surface area contributed by atoms with Crippen molar-refractivity contribution >= 4 is 18.0 Å². The Morgan fingerprint density at radius 3 is 2.33 bits per heavy atom. The van der Waals surface area contributed by atoms with Crippen molar-refractivity contribution in [2.75, 3.05) is 11.9 Å². The fourth-order valence-electron chi connectivity index (χ4n) is 1.56. The van der Waals surface area contributed by atoms with E-state index in [4.69, 9.17) is 0 Å². The average Bonchev–Trinajstić information content (AvgIpc) is 2.36. The van der Waals surface area contributed by atoms with Crippen LogP contribution in [0.2, 0.25) is 0 Å². The highest BCUT2D eigenvalue weighted by Gasteiger charge is 2.29. The molecule has 0 aliphatic heterocycles. The number of hydrogen-bond acceptors (Lipinski definition) is 2. The Morgan fingerprint density at radius 1 is 1.29 bits per heavy atom. The number of nitrogens with zero attached hydrogens (tertiary/aromatic N) is 1. The van der Waals surface area contributed by atoms with Gasteiger partial charge in [-0.1, -0.05) is 0 Å². The summed E-state index contributed by atoms with van der Waals surface area (Å²) >= 11 is 0. The van der Waals surface area contributed by atoms with Crippen LogP contribution in [0, 0.1) is 5.82 Å². The molecule has 1 aromatic carbocycles.